The number of likely N-dealkylation sites (tertiary alicyclic amines) is 1. The zero-order valence-corrected chi connectivity index (χ0v) is 28.7. The van der Waals surface area contributed by atoms with Crippen LogP contribution in [0.5, 0.6) is 17.2 Å². The second-order valence-corrected chi connectivity index (χ2v) is 14.4. The van der Waals surface area contributed by atoms with E-state index in [-0.39, 0.29) is 18.1 Å². The number of hydrogen-bond donors (Lipinski definition) is 2. The molecule has 0 aromatic heterocycles. The van der Waals surface area contributed by atoms with Crippen LogP contribution in [-0.2, 0) is 13.0 Å². The van der Waals surface area contributed by atoms with Gasteiger partial charge in [0.05, 0.1) is 18.2 Å². The highest BCUT2D eigenvalue weighted by Gasteiger charge is 2.35. The summed E-state index contributed by atoms with van der Waals surface area (Å²) < 4.78 is 18.9. The van der Waals surface area contributed by atoms with Crippen molar-refractivity contribution in [1.29, 1.82) is 0 Å². The summed E-state index contributed by atoms with van der Waals surface area (Å²) in [5.74, 6) is 2.36. The minimum Gasteiger partial charge on any atom is -0.493 e. The number of ether oxygens (including phenoxy) is 3. The van der Waals surface area contributed by atoms with Gasteiger partial charge in [0.2, 0.25) is 0 Å². The third kappa shape index (κ3) is 7.79. The van der Waals surface area contributed by atoms with E-state index in [2.05, 4.69) is 67.4 Å². The Bertz CT molecular complexity index is 1470. The van der Waals surface area contributed by atoms with Crippen molar-refractivity contribution in [1.82, 2.24) is 10.2 Å². The summed E-state index contributed by atoms with van der Waals surface area (Å²) in [4.78, 5) is 2.55. The van der Waals surface area contributed by atoms with Crippen molar-refractivity contribution in [3.8, 4) is 28.4 Å². The van der Waals surface area contributed by atoms with E-state index in [4.69, 9.17) is 25.8 Å². The molecule has 0 amide bonds. The molecule has 244 valence electrons. The van der Waals surface area contributed by atoms with Crippen molar-refractivity contribution in [2.24, 2.45) is 5.41 Å². The molecular weight excluding hydrogens is 584 g/mol. The fourth-order valence-electron chi connectivity index (χ4n) is 6.46. The quantitative estimate of drug-likeness (QED) is 0.165. The molecule has 1 aliphatic heterocycles. The van der Waals surface area contributed by atoms with E-state index < -0.39 is 0 Å². The van der Waals surface area contributed by atoms with Gasteiger partial charge in [0.15, 0.2) is 0 Å². The Kier molecular flexibility index (Phi) is 10.7. The van der Waals surface area contributed by atoms with E-state index in [1.165, 1.54) is 40.8 Å². The number of benzene rings is 3. The number of rotatable bonds is 15. The molecule has 1 aliphatic carbocycles. The molecular formula is C38H51ClN2O4. The van der Waals surface area contributed by atoms with E-state index in [0.29, 0.717) is 36.0 Å². The van der Waals surface area contributed by atoms with Gasteiger partial charge in [-0.1, -0.05) is 55.8 Å². The van der Waals surface area contributed by atoms with Crippen molar-refractivity contribution in [3.05, 3.63) is 75.8 Å². The number of nitrogens with zero attached hydrogens (tertiary/aromatic N) is 1. The molecule has 6 nitrogen and oxygen atoms in total. The molecule has 0 saturated carbocycles. The van der Waals surface area contributed by atoms with Crippen LogP contribution in [0.1, 0.15) is 82.2 Å². The number of nitrogens with one attached hydrogen (secondary N) is 1. The molecule has 0 radical (unpaired) electrons. The average molecular weight is 635 g/mol. The molecule has 0 spiro atoms. The molecule has 1 fully saturated rings. The Morgan fingerprint density at radius 2 is 1.82 bits per heavy atom. The van der Waals surface area contributed by atoms with Gasteiger partial charge in [-0.25, -0.2) is 0 Å². The molecule has 0 bridgehead atoms. The average Bonchev–Trinajstić information content (AvgIpc) is 3.42. The van der Waals surface area contributed by atoms with E-state index in [9.17, 15) is 5.11 Å². The molecule has 2 aliphatic rings. The van der Waals surface area contributed by atoms with Gasteiger partial charge in [-0.2, -0.15) is 0 Å². The molecule has 7 heteroatoms. The highest BCUT2D eigenvalue weighted by atomic mass is 35.5. The first-order valence-corrected chi connectivity index (χ1v) is 16.9. The SMILES string of the molecule is CCOc1cc(O[C@H]2CCc3c(-c4cccc(OCCCN5CCC5(C)C)c4C)cccc32)c(Cl)cc1CNCC(C)(C)CO. The van der Waals surface area contributed by atoms with Crippen LogP contribution in [0.4, 0.5) is 0 Å². The summed E-state index contributed by atoms with van der Waals surface area (Å²) in [7, 11) is 0. The minimum atomic E-state index is -0.203. The van der Waals surface area contributed by atoms with Gasteiger partial charge in [-0.3, -0.25) is 4.90 Å². The maximum atomic E-state index is 9.59. The van der Waals surface area contributed by atoms with Crippen LogP contribution in [-0.4, -0.2) is 55.0 Å². The lowest BCUT2D eigenvalue weighted by atomic mass is 9.89. The molecule has 45 heavy (non-hydrogen) atoms. The Hall–Kier alpha value is -2.77. The van der Waals surface area contributed by atoms with Gasteiger partial charge in [0.1, 0.15) is 23.4 Å². The lowest BCUT2D eigenvalue weighted by molar-refractivity contribution is 0.0123. The number of fused-ring (bicyclic) bond motifs is 1. The van der Waals surface area contributed by atoms with Crippen LogP contribution in [0.25, 0.3) is 11.1 Å². The second-order valence-electron chi connectivity index (χ2n) is 13.9. The summed E-state index contributed by atoms with van der Waals surface area (Å²) in [5.41, 5.74) is 7.28. The predicted octanol–water partition coefficient (Wildman–Crippen LogP) is 8.14. The van der Waals surface area contributed by atoms with E-state index >= 15 is 0 Å². The standard InChI is InChI=1S/C38H51ClN2O4/c1-7-43-35-22-36(32(39)21-27(35)23-40-24-37(3,4)25-42)45-34-16-15-30-29(12-8-13-31(30)34)28-11-9-14-33(26(28)2)44-20-10-18-41-19-17-38(41,5)6/h8-9,11-14,21-22,34,40,42H,7,10,15-20,23-25H2,1-6H3/t34-/m0/s1. The first-order chi connectivity index (χ1) is 21.5. The number of aliphatic hydroxyl groups excluding tert-OH is 1. The minimum absolute atomic E-state index is 0.0910. The van der Waals surface area contributed by atoms with Gasteiger partial charge < -0.3 is 24.6 Å². The Balaban J connectivity index is 1.29. The molecule has 1 heterocycles. The third-order valence-electron chi connectivity index (χ3n) is 9.50. The van der Waals surface area contributed by atoms with Gasteiger partial charge in [-0.15, -0.1) is 0 Å². The molecule has 1 saturated heterocycles. The van der Waals surface area contributed by atoms with E-state index in [1.807, 2.05) is 32.9 Å². The summed E-state index contributed by atoms with van der Waals surface area (Å²) in [5, 5.41) is 13.6. The van der Waals surface area contributed by atoms with Crippen molar-refractivity contribution < 1.29 is 19.3 Å². The van der Waals surface area contributed by atoms with Crippen LogP contribution in [0.15, 0.2) is 48.5 Å². The van der Waals surface area contributed by atoms with Gasteiger partial charge in [0, 0.05) is 55.4 Å². The van der Waals surface area contributed by atoms with Crippen LogP contribution in [0.3, 0.4) is 0 Å². The summed E-state index contributed by atoms with van der Waals surface area (Å²) >= 11 is 6.80. The topological polar surface area (TPSA) is 63.2 Å². The largest absolute Gasteiger partial charge is 0.493 e. The van der Waals surface area contributed by atoms with Crippen LogP contribution in [0, 0.1) is 12.3 Å². The highest BCUT2D eigenvalue weighted by Crippen LogP contribution is 2.44. The first-order valence-electron chi connectivity index (χ1n) is 16.6. The Morgan fingerprint density at radius 1 is 1.04 bits per heavy atom. The molecule has 2 N–H and O–H groups in total. The molecule has 0 unspecified atom stereocenters. The fourth-order valence-corrected chi connectivity index (χ4v) is 6.69. The highest BCUT2D eigenvalue weighted by molar-refractivity contribution is 6.32. The van der Waals surface area contributed by atoms with Crippen molar-refractivity contribution in [3.63, 3.8) is 0 Å². The van der Waals surface area contributed by atoms with Crippen LogP contribution < -0.4 is 19.5 Å². The van der Waals surface area contributed by atoms with Gasteiger partial charge >= 0.3 is 0 Å². The van der Waals surface area contributed by atoms with Crippen LogP contribution in [0.2, 0.25) is 5.02 Å². The fraction of sp³-hybridized carbons (Fsp3) is 0.526. The lowest BCUT2D eigenvalue weighted by Crippen LogP contribution is -2.55. The summed E-state index contributed by atoms with van der Waals surface area (Å²) in [6, 6.07) is 16.8. The third-order valence-corrected chi connectivity index (χ3v) is 9.80. The second kappa shape index (κ2) is 14.3. The zero-order chi connectivity index (χ0) is 32.2. The number of halogens is 1. The Morgan fingerprint density at radius 3 is 2.53 bits per heavy atom. The van der Waals surface area contributed by atoms with E-state index in [1.54, 1.807) is 0 Å². The normalized spacial score (nSPS) is 17.6. The van der Waals surface area contributed by atoms with Crippen molar-refractivity contribution in [2.45, 2.75) is 85.4 Å². The summed E-state index contributed by atoms with van der Waals surface area (Å²) in [6.45, 7) is 17.8. The maximum Gasteiger partial charge on any atom is 0.142 e. The zero-order valence-electron chi connectivity index (χ0n) is 28.0. The van der Waals surface area contributed by atoms with Crippen LogP contribution >= 0.6 is 11.6 Å². The van der Waals surface area contributed by atoms with E-state index in [0.717, 1.165) is 49.5 Å². The maximum absolute atomic E-state index is 9.59. The number of hydrogen-bond acceptors (Lipinski definition) is 6. The molecule has 5 rings (SSSR count). The predicted molar refractivity (Wildman–Crippen MR) is 184 cm³/mol. The smallest absolute Gasteiger partial charge is 0.142 e. The van der Waals surface area contributed by atoms with Crippen molar-refractivity contribution >= 4 is 11.6 Å². The summed E-state index contributed by atoms with van der Waals surface area (Å²) in [6.07, 6.45) is 4.03. The van der Waals surface area contributed by atoms with Gasteiger partial charge in [-0.05, 0) is 93.3 Å². The number of aliphatic hydroxyl groups is 1. The Labute approximate surface area is 275 Å². The van der Waals surface area contributed by atoms with Crippen molar-refractivity contribution in [2.75, 3.05) is 39.5 Å². The lowest BCUT2D eigenvalue weighted by Gasteiger charge is -2.48. The molecule has 1 atom stereocenters. The molecule has 3 aromatic rings. The first kappa shape index (κ1) is 33.6. The monoisotopic (exact) mass is 634 g/mol. The van der Waals surface area contributed by atoms with Gasteiger partial charge in [0.25, 0.3) is 0 Å². The molecule has 3 aromatic carbocycles.